The average Bonchev–Trinajstić information content (AvgIpc) is 2.80. The number of likely N-dealkylation sites (N-methyl/N-ethyl adjacent to an activating group) is 1. The zero-order valence-electron chi connectivity index (χ0n) is 20.3. The fourth-order valence-electron chi connectivity index (χ4n) is 4.51. The highest BCUT2D eigenvalue weighted by Crippen LogP contribution is 2.24. The van der Waals surface area contributed by atoms with Crippen LogP contribution in [0.4, 0.5) is 0 Å². The van der Waals surface area contributed by atoms with Crippen molar-refractivity contribution < 1.29 is 4.74 Å². The predicted octanol–water partition coefficient (Wildman–Crippen LogP) is 2.26. The summed E-state index contributed by atoms with van der Waals surface area (Å²) in [5.41, 5.74) is 1.49. The van der Waals surface area contributed by atoms with Crippen LogP contribution in [0.25, 0.3) is 0 Å². The minimum atomic E-state index is 0. The summed E-state index contributed by atoms with van der Waals surface area (Å²) in [5.74, 6) is 0.888. The third-order valence-electron chi connectivity index (χ3n) is 6.57. The molecule has 2 aliphatic heterocycles. The van der Waals surface area contributed by atoms with Gasteiger partial charge in [0.05, 0.1) is 13.2 Å². The summed E-state index contributed by atoms with van der Waals surface area (Å²) in [4.78, 5) is 12.0. The van der Waals surface area contributed by atoms with Crippen LogP contribution in [-0.2, 0) is 4.74 Å². The highest BCUT2D eigenvalue weighted by Gasteiger charge is 2.28. The maximum atomic E-state index is 5.49. The molecule has 2 saturated heterocycles. The van der Waals surface area contributed by atoms with E-state index in [2.05, 4.69) is 81.6 Å². The topological polar surface area (TPSA) is 55.4 Å². The fourth-order valence-corrected chi connectivity index (χ4v) is 4.51. The first kappa shape index (κ1) is 27.3. The van der Waals surface area contributed by atoms with Gasteiger partial charge in [-0.2, -0.15) is 0 Å². The van der Waals surface area contributed by atoms with Gasteiger partial charge in [-0.25, -0.2) is 0 Å². The van der Waals surface area contributed by atoms with E-state index in [-0.39, 0.29) is 29.5 Å². The van der Waals surface area contributed by atoms with Gasteiger partial charge in [-0.15, -0.1) is 24.0 Å². The quantitative estimate of drug-likeness (QED) is 0.221. The monoisotopic (exact) mass is 558 g/mol. The Morgan fingerprint density at radius 2 is 1.81 bits per heavy atom. The first-order valence-corrected chi connectivity index (χ1v) is 11.7. The lowest BCUT2D eigenvalue weighted by atomic mass is 10.0. The standard InChI is InChI=1S/C24H42N6O.HI/c1-24(2,30-15-17-31-18-16-30)20-27-23(25-3)26-11-8-12-29-14-13-28(4)19-22(29)21-9-6-5-7-10-21;/h5-7,9-10,22H,8,11-20H2,1-4H3,(H2,25,26,27);1H. The summed E-state index contributed by atoms with van der Waals surface area (Å²) < 4.78 is 5.49. The van der Waals surface area contributed by atoms with Crippen molar-refractivity contribution in [1.29, 1.82) is 0 Å². The molecule has 0 bridgehead atoms. The van der Waals surface area contributed by atoms with Crippen LogP contribution in [0.5, 0.6) is 0 Å². The molecule has 2 aliphatic rings. The molecule has 1 unspecified atom stereocenters. The Kier molecular flexibility index (Phi) is 11.7. The van der Waals surface area contributed by atoms with Gasteiger partial charge in [-0.3, -0.25) is 14.8 Å². The normalized spacial score (nSPS) is 21.8. The zero-order chi connectivity index (χ0) is 22.1. The Hall–Kier alpha value is -0.940. The minimum absolute atomic E-state index is 0. The molecule has 2 fully saturated rings. The van der Waals surface area contributed by atoms with Gasteiger partial charge in [0.15, 0.2) is 5.96 Å². The molecule has 3 rings (SSSR count). The minimum Gasteiger partial charge on any atom is -0.379 e. The second kappa shape index (κ2) is 13.7. The van der Waals surface area contributed by atoms with E-state index >= 15 is 0 Å². The number of halogens is 1. The van der Waals surface area contributed by atoms with E-state index < -0.39 is 0 Å². The molecular weight excluding hydrogens is 515 g/mol. The van der Waals surface area contributed by atoms with Gasteiger partial charge in [0.25, 0.3) is 0 Å². The summed E-state index contributed by atoms with van der Waals surface area (Å²) >= 11 is 0. The summed E-state index contributed by atoms with van der Waals surface area (Å²) in [6.07, 6.45) is 1.10. The SMILES string of the molecule is CN=C(NCCCN1CCN(C)CC1c1ccccc1)NCC(C)(C)N1CCOCC1.I. The van der Waals surface area contributed by atoms with Crippen LogP contribution in [0.1, 0.15) is 31.9 Å². The van der Waals surface area contributed by atoms with Crippen molar-refractivity contribution in [2.45, 2.75) is 31.8 Å². The Morgan fingerprint density at radius 1 is 1.09 bits per heavy atom. The fraction of sp³-hybridized carbons (Fsp3) is 0.708. The molecule has 0 aromatic heterocycles. The second-order valence-electron chi connectivity index (χ2n) is 9.34. The van der Waals surface area contributed by atoms with Gasteiger partial charge in [-0.1, -0.05) is 30.3 Å². The first-order valence-electron chi connectivity index (χ1n) is 11.7. The van der Waals surface area contributed by atoms with Crippen molar-refractivity contribution in [2.24, 2.45) is 4.99 Å². The number of aliphatic imine (C=N–C) groups is 1. The molecule has 1 aromatic carbocycles. The Morgan fingerprint density at radius 3 is 2.50 bits per heavy atom. The predicted molar refractivity (Wildman–Crippen MR) is 144 cm³/mol. The van der Waals surface area contributed by atoms with Crippen molar-refractivity contribution in [1.82, 2.24) is 25.3 Å². The van der Waals surface area contributed by atoms with Crippen LogP contribution in [0.3, 0.4) is 0 Å². The number of hydrogen-bond acceptors (Lipinski definition) is 5. The van der Waals surface area contributed by atoms with Crippen LogP contribution in [0.2, 0.25) is 0 Å². The number of nitrogens with zero attached hydrogens (tertiary/aromatic N) is 4. The number of morpholine rings is 1. The molecule has 0 radical (unpaired) electrons. The maximum absolute atomic E-state index is 5.49. The van der Waals surface area contributed by atoms with E-state index in [1.54, 1.807) is 0 Å². The molecule has 0 aliphatic carbocycles. The highest BCUT2D eigenvalue weighted by atomic mass is 127. The Balaban J connectivity index is 0.00000363. The summed E-state index contributed by atoms with van der Waals surface area (Å²) in [6, 6.07) is 11.4. The molecule has 1 atom stereocenters. The van der Waals surface area contributed by atoms with Gasteiger partial charge in [0.2, 0.25) is 0 Å². The molecule has 32 heavy (non-hydrogen) atoms. The Labute approximate surface area is 212 Å². The lowest BCUT2D eigenvalue weighted by Crippen LogP contribution is -2.56. The lowest BCUT2D eigenvalue weighted by molar-refractivity contribution is -0.00834. The highest BCUT2D eigenvalue weighted by molar-refractivity contribution is 14.0. The average molecular weight is 559 g/mol. The number of ether oxygens (including phenoxy) is 1. The molecule has 182 valence electrons. The molecule has 7 nitrogen and oxygen atoms in total. The van der Waals surface area contributed by atoms with Crippen LogP contribution in [0, 0.1) is 0 Å². The molecule has 0 amide bonds. The van der Waals surface area contributed by atoms with Gasteiger partial charge >= 0.3 is 0 Å². The van der Waals surface area contributed by atoms with Gasteiger partial charge < -0.3 is 20.3 Å². The summed E-state index contributed by atoms with van der Waals surface area (Å²) in [7, 11) is 4.08. The van der Waals surface area contributed by atoms with E-state index in [0.29, 0.717) is 6.04 Å². The van der Waals surface area contributed by atoms with Crippen molar-refractivity contribution in [2.75, 3.05) is 79.7 Å². The van der Waals surface area contributed by atoms with E-state index in [1.807, 2.05) is 7.05 Å². The third kappa shape index (κ3) is 8.13. The number of hydrogen-bond donors (Lipinski definition) is 2. The number of piperazine rings is 1. The Bertz CT molecular complexity index is 680. The lowest BCUT2D eigenvalue weighted by Gasteiger charge is -2.41. The first-order chi connectivity index (χ1) is 15.0. The number of rotatable bonds is 8. The molecule has 2 N–H and O–H groups in total. The largest absolute Gasteiger partial charge is 0.379 e. The molecule has 0 saturated carbocycles. The maximum Gasteiger partial charge on any atom is 0.191 e. The van der Waals surface area contributed by atoms with E-state index in [9.17, 15) is 0 Å². The van der Waals surface area contributed by atoms with Crippen LogP contribution < -0.4 is 10.6 Å². The van der Waals surface area contributed by atoms with E-state index in [0.717, 1.165) is 78.0 Å². The molecule has 2 heterocycles. The van der Waals surface area contributed by atoms with Gasteiger partial charge in [-0.05, 0) is 32.9 Å². The van der Waals surface area contributed by atoms with Crippen molar-refractivity contribution in [3.05, 3.63) is 35.9 Å². The molecule has 0 spiro atoms. The summed E-state index contributed by atoms with van der Waals surface area (Å²) in [5, 5.41) is 7.03. The van der Waals surface area contributed by atoms with Crippen LogP contribution in [0.15, 0.2) is 35.3 Å². The molecular formula is C24H43IN6O. The summed E-state index contributed by atoms with van der Waals surface area (Å²) in [6.45, 7) is 14.4. The smallest absolute Gasteiger partial charge is 0.191 e. The third-order valence-corrected chi connectivity index (χ3v) is 6.57. The molecule has 1 aromatic rings. The van der Waals surface area contributed by atoms with Crippen molar-refractivity contribution in [3.8, 4) is 0 Å². The molecule has 8 heteroatoms. The second-order valence-corrected chi connectivity index (χ2v) is 9.34. The van der Waals surface area contributed by atoms with Crippen LogP contribution >= 0.6 is 24.0 Å². The van der Waals surface area contributed by atoms with E-state index in [4.69, 9.17) is 4.74 Å². The van der Waals surface area contributed by atoms with Gasteiger partial charge in [0, 0.05) is 71.0 Å². The van der Waals surface area contributed by atoms with Gasteiger partial charge in [0.1, 0.15) is 0 Å². The number of benzene rings is 1. The van der Waals surface area contributed by atoms with Crippen LogP contribution in [-0.4, -0.2) is 106 Å². The van der Waals surface area contributed by atoms with Crippen molar-refractivity contribution >= 4 is 29.9 Å². The number of nitrogens with one attached hydrogen (secondary N) is 2. The number of guanidine groups is 1. The van der Waals surface area contributed by atoms with E-state index in [1.165, 1.54) is 5.56 Å². The van der Waals surface area contributed by atoms with Crippen molar-refractivity contribution in [3.63, 3.8) is 0 Å². The zero-order valence-corrected chi connectivity index (χ0v) is 22.7.